The second kappa shape index (κ2) is 8.91. The van der Waals surface area contributed by atoms with Crippen molar-refractivity contribution in [2.24, 2.45) is 11.8 Å². The molecule has 0 bridgehead atoms. The van der Waals surface area contributed by atoms with Crippen molar-refractivity contribution in [3.8, 4) is 0 Å². The van der Waals surface area contributed by atoms with Crippen LogP contribution >= 0.6 is 11.6 Å². The average Bonchev–Trinajstić information content (AvgIpc) is 2.74. The molecule has 3 amide bonds. The van der Waals surface area contributed by atoms with Gasteiger partial charge < -0.3 is 21.3 Å². The molecule has 174 valence electrons. The van der Waals surface area contributed by atoms with E-state index in [1.54, 1.807) is 24.3 Å². The lowest BCUT2D eigenvalue weighted by atomic mass is 9.81. The van der Waals surface area contributed by atoms with E-state index in [1.807, 2.05) is 0 Å². The first-order valence-corrected chi connectivity index (χ1v) is 10.3. The van der Waals surface area contributed by atoms with Crippen LogP contribution in [0.5, 0.6) is 0 Å². The summed E-state index contributed by atoms with van der Waals surface area (Å²) in [6.07, 6.45) is -6.58. The highest BCUT2D eigenvalue weighted by Crippen LogP contribution is 2.31. The number of piperidine rings is 1. The summed E-state index contributed by atoms with van der Waals surface area (Å²) < 4.78 is 38.9. The van der Waals surface area contributed by atoms with E-state index in [4.69, 9.17) is 11.6 Å². The number of alkyl halides is 3. The molecule has 2 aliphatic heterocycles. The van der Waals surface area contributed by atoms with E-state index in [-0.39, 0.29) is 12.1 Å². The van der Waals surface area contributed by atoms with Crippen molar-refractivity contribution < 1.29 is 27.6 Å². The van der Waals surface area contributed by atoms with E-state index in [9.17, 15) is 27.6 Å². The van der Waals surface area contributed by atoms with Gasteiger partial charge in [-0.25, -0.2) is 0 Å². The number of rotatable bonds is 4. The molecule has 4 rings (SSSR count). The van der Waals surface area contributed by atoms with Crippen molar-refractivity contribution in [1.29, 1.82) is 0 Å². The quantitative estimate of drug-likeness (QED) is 0.461. The molecule has 4 atom stereocenters. The third kappa shape index (κ3) is 5.20. The molecule has 2 saturated heterocycles. The maximum atomic E-state index is 13.0. The Morgan fingerprint density at radius 1 is 1.03 bits per heavy atom. The minimum atomic E-state index is -4.52. The fourth-order valence-electron chi connectivity index (χ4n) is 3.87. The number of fused-ring (bicyclic) bond motifs is 1. The monoisotopic (exact) mass is 481 g/mol. The normalized spacial score (nSPS) is 24.8. The summed E-state index contributed by atoms with van der Waals surface area (Å²) in [5.41, 5.74) is -0.280. The van der Waals surface area contributed by atoms with Gasteiger partial charge in [0, 0.05) is 22.8 Å². The Kier molecular flexibility index (Phi) is 6.17. The third-order valence-electron chi connectivity index (χ3n) is 5.40. The number of hydrogen-bond acceptors (Lipinski definition) is 5. The van der Waals surface area contributed by atoms with Crippen LogP contribution in [-0.4, -0.2) is 30.2 Å². The summed E-state index contributed by atoms with van der Waals surface area (Å²) in [6.45, 7) is 0. The lowest BCUT2D eigenvalue weighted by molar-refractivity contribution is -0.144. The summed E-state index contributed by atoms with van der Waals surface area (Å²) in [7, 11) is 0. The van der Waals surface area contributed by atoms with E-state index in [0.717, 1.165) is 12.1 Å². The molecule has 0 radical (unpaired) electrons. The number of nitrogens with one attached hydrogen (secondary N) is 5. The molecule has 0 aromatic heterocycles. The topological polar surface area (TPSA) is 111 Å². The molecular formula is C21H19ClF3N5O3. The number of anilines is 2. The Morgan fingerprint density at radius 2 is 1.76 bits per heavy atom. The number of halogens is 4. The van der Waals surface area contributed by atoms with Crippen LogP contribution in [0, 0.1) is 11.8 Å². The van der Waals surface area contributed by atoms with E-state index < -0.39 is 53.8 Å². The van der Waals surface area contributed by atoms with Gasteiger partial charge >= 0.3 is 6.18 Å². The van der Waals surface area contributed by atoms with Gasteiger partial charge in [0.2, 0.25) is 17.7 Å². The molecule has 2 aliphatic rings. The van der Waals surface area contributed by atoms with Gasteiger partial charge in [-0.2, -0.15) is 13.2 Å². The van der Waals surface area contributed by atoms with E-state index in [1.165, 1.54) is 12.1 Å². The van der Waals surface area contributed by atoms with Gasteiger partial charge in [0.05, 0.1) is 23.6 Å². The van der Waals surface area contributed by atoms with Crippen LogP contribution in [0.4, 0.5) is 24.5 Å². The smallest absolute Gasteiger partial charge is 0.353 e. The fourth-order valence-corrected chi connectivity index (χ4v) is 4.00. The third-order valence-corrected chi connectivity index (χ3v) is 5.65. The number of benzene rings is 2. The first-order valence-electron chi connectivity index (χ1n) is 9.96. The van der Waals surface area contributed by atoms with Crippen LogP contribution < -0.4 is 26.6 Å². The first kappa shape index (κ1) is 22.9. The minimum absolute atomic E-state index is 0.111. The fraction of sp³-hybridized carbons (Fsp3) is 0.286. The van der Waals surface area contributed by atoms with Crippen molar-refractivity contribution >= 4 is 40.7 Å². The van der Waals surface area contributed by atoms with Crippen LogP contribution in [0.25, 0.3) is 0 Å². The lowest BCUT2D eigenvalue weighted by Gasteiger charge is -2.43. The zero-order chi connectivity index (χ0) is 23.8. The molecule has 5 N–H and O–H groups in total. The highest BCUT2D eigenvalue weighted by atomic mass is 35.5. The van der Waals surface area contributed by atoms with E-state index >= 15 is 0 Å². The molecule has 12 heteroatoms. The second-order valence-corrected chi connectivity index (χ2v) is 8.15. The summed E-state index contributed by atoms with van der Waals surface area (Å²) in [5, 5.41) is 14.1. The van der Waals surface area contributed by atoms with Gasteiger partial charge in [0.1, 0.15) is 0 Å². The van der Waals surface area contributed by atoms with Gasteiger partial charge in [-0.1, -0.05) is 17.7 Å². The highest BCUT2D eigenvalue weighted by molar-refractivity contribution is 6.30. The molecule has 4 unspecified atom stereocenters. The van der Waals surface area contributed by atoms with E-state index in [0.29, 0.717) is 10.7 Å². The van der Waals surface area contributed by atoms with Gasteiger partial charge in [-0.15, -0.1) is 0 Å². The largest absolute Gasteiger partial charge is 0.416 e. The van der Waals surface area contributed by atoms with Crippen LogP contribution in [0.1, 0.15) is 12.0 Å². The van der Waals surface area contributed by atoms with Crippen LogP contribution in [0.3, 0.4) is 0 Å². The molecular weight excluding hydrogens is 463 g/mol. The molecule has 2 aromatic carbocycles. The maximum absolute atomic E-state index is 13.0. The molecule has 0 saturated carbocycles. The Bertz CT molecular complexity index is 1080. The SMILES string of the molecule is O=C1CC(C(=O)Nc2ccc(Cl)cc2)C2C(=O)NC(Nc3cccc(C(F)(F)F)c3)NC2N1. The molecule has 8 nitrogen and oxygen atoms in total. The Balaban J connectivity index is 1.47. The Morgan fingerprint density at radius 3 is 2.45 bits per heavy atom. The summed E-state index contributed by atoms with van der Waals surface area (Å²) in [6, 6.07) is 10.8. The standard InChI is InChI=1S/C21H19ClF3N5O3/c22-11-4-6-12(7-5-11)26-18(32)14-9-15(31)28-17-16(14)19(33)30-20(29-17)27-13-3-1-2-10(8-13)21(23,24)25/h1-8,14,16-17,20,27,29H,9H2,(H,26,32)(H,28,31)(H,30,33). The van der Waals surface area contributed by atoms with Crippen molar-refractivity contribution in [1.82, 2.24) is 16.0 Å². The van der Waals surface area contributed by atoms with Crippen LogP contribution in [-0.2, 0) is 20.6 Å². The predicted molar refractivity (Wildman–Crippen MR) is 114 cm³/mol. The molecule has 33 heavy (non-hydrogen) atoms. The van der Waals surface area contributed by atoms with Crippen molar-refractivity contribution in [2.75, 3.05) is 10.6 Å². The van der Waals surface area contributed by atoms with Crippen molar-refractivity contribution in [2.45, 2.75) is 25.1 Å². The molecule has 2 aromatic rings. The summed E-state index contributed by atoms with van der Waals surface area (Å²) in [4.78, 5) is 37.9. The lowest BCUT2D eigenvalue weighted by Crippen LogP contribution is -2.72. The molecule has 0 aliphatic carbocycles. The maximum Gasteiger partial charge on any atom is 0.416 e. The summed E-state index contributed by atoms with van der Waals surface area (Å²) >= 11 is 5.84. The number of hydrogen-bond donors (Lipinski definition) is 5. The zero-order valence-corrected chi connectivity index (χ0v) is 17.6. The second-order valence-electron chi connectivity index (χ2n) is 7.71. The number of carbonyl (C=O) groups is 3. The average molecular weight is 482 g/mol. The Labute approximate surface area is 191 Å². The van der Waals surface area contributed by atoms with Crippen molar-refractivity contribution in [3.63, 3.8) is 0 Å². The van der Waals surface area contributed by atoms with Gasteiger partial charge in [-0.05, 0) is 42.5 Å². The van der Waals surface area contributed by atoms with Gasteiger partial charge in [0.25, 0.3) is 0 Å². The van der Waals surface area contributed by atoms with E-state index in [2.05, 4.69) is 26.6 Å². The predicted octanol–water partition coefficient (Wildman–Crippen LogP) is 2.49. The van der Waals surface area contributed by atoms with Crippen LogP contribution in [0.15, 0.2) is 48.5 Å². The minimum Gasteiger partial charge on any atom is -0.353 e. The summed E-state index contributed by atoms with van der Waals surface area (Å²) in [5.74, 6) is -3.36. The molecule has 2 heterocycles. The first-order chi connectivity index (χ1) is 15.6. The van der Waals surface area contributed by atoms with Crippen LogP contribution in [0.2, 0.25) is 5.02 Å². The number of amides is 3. The van der Waals surface area contributed by atoms with Gasteiger partial charge in [0.15, 0.2) is 6.29 Å². The number of carbonyl (C=O) groups excluding carboxylic acids is 3. The Hall–Kier alpha value is -3.31. The zero-order valence-electron chi connectivity index (χ0n) is 16.9. The molecule has 0 spiro atoms. The van der Waals surface area contributed by atoms with Gasteiger partial charge in [-0.3, -0.25) is 19.7 Å². The highest BCUT2D eigenvalue weighted by Gasteiger charge is 2.48. The molecule has 2 fully saturated rings. The van der Waals surface area contributed by atoms with Crippen molar-refractivity contribution in [3.05, 3.63) is 59.1 Å².